The molecule has 3 rings (SSSR count). The summed E-state index contributed by atoms with van der Waals surface area (Å²) in [6, 6.07) is 12.4. The summed E-state index contributed by atoms with van der Waals surface area (Å²) in [6.45, 7) is 1.16. The summed E-state index contributed by atoms with van der Waals surface area (Å²) in [5.41, 5.74) is 0.997. The van der Waals surface area contributed by atoms with Gasteiger partial charge in [0.1, 0.15) is 17.7 Å². The van der Waals surface area contributed by atoms with Gasteiger partial charge in [-0.05, 0) is 17.7 Å². The number of nitrogens with zero attached hydrogens (tertiary/aromatic N) is 1. The van der Waals surface area contributed by atoms with Gasteiger partial charge in [-0.15, -0.1) is 0 Å². The molecule has 0 aliphatic carbocycles. The minimum absolute atomic E-state index is 0.0196. The number of halogens is 2. The zero-order chi connectivity index (χ0) is 15.5. The summed E-state index contributed by atoms with van der Waals surface area (Å²) < 4.78 is 32.2. The van der Waals surface area contributed by atoms with E-state index in [1.807, 2.05) is 30.3 Å². The molecule has 0 aromatic heterocycles. The number of ether oxygens (including phenoxy) is 1. The lowest BCUT2D eigenvalue weighted by molar-refractivity contribution is -0.0228. The summed E-state index contributed by atoms with van der Waals surface area (Å²) in [6.07, 6.45) is -0.225. The fraction of sp³-hybridized carbons (Fsp3) is 0.235. The predicted octanol–water partition coefficient (Wildman–Crippen LogP) is 3.18. The molecule has 1 amide bonds. The predicted molar refractivity (Wildman–Crippen MR) is 77.4 cm³/mol. The van der Waals surface area contributed by atoms with Gasteiger partial charge in [0.2, 0.25) is 0 Å². The molecule has 2 aromatic carbocycles. The fourth-order valence-electron chi connectivity index (χ4n) is 2.56. The van der Waals surface area contributed by atoms with Crippen LogP contribution in [0.25, 0.3) is 0 Å². The van der Waals surface area contributed by atoms with E-state index in [1.165, 1.54) is 0 Å². The lowest BCUT2D eigenvalue weighted by atomic mass is 10.1. The number of amides is 1. The van der Waals surface area contributed by atoms with Crippen molar-refractivity contribution in [2.45, 2.75) is 6.10 Å². The van der Waals surface area contributed by atoms with E-state index in [9.17, 15) is 13.6 Å². The van der Waals surface area contributed by atoms with Crippen molar-refractivity contribution < 1.29 is 18.3 Å². The first-order valence-corrected chi connectivity index (χ1v) is 7.05. The average Bonchev–Trinajstić information content (AvgIpc) is 2.54. The van der Waals surface area contributed by atoms with Gasteiger partial charge in [0, 0.05) is 18.2 Å². The molecule has 0 saturated carbocycles. The molecule has 1 saturated heterocycles. The minimum atomic E-state index is -0.754. The molecule has 22 heavy (non-hydrogen) atoms. The molecule has 1 aliphatic heterocycles. The van der Waals surface area contributed by atoms with Crippen molar-refractivity contribution in [2.75, 3.05) is 19.7 Å². The molecule has 114 valence electrons. The van der Waals surface area contributed by atoms with E-state index in [0.29, 0.717) is 19.7 Å². The van der Waals surface area contributed by atoms with E-state index in [1.54, 1.807) is 4.90 Å². The lowest BCUT2D eigenvalue weighted by Crippen LogP contribution is -2.42. The molecular formula is C17H15F2NO2. The van der Waals surface area contributed by atoms with Crippen LogP contribution in [0.1, 0.15) is 22.0 Å². The van der Waals surface area contributed by atoms with Crippen LogP contribution in [0.5, 0.6) is 0 Å². The van der Waals surface area contributed by atoms with E-state index in [0.717, 1.165) is 23.8 Å². The number of carbonyl (C=O) groups excluding carboxylic acids is 1. The van der Waals surface area contributed by atoms with Gasteiger partial charge in [0.05, 0.1) is 13.2 Å². The molecule has 1 heterocycles. The van der Waals surface area contributed by atoms with Crippen LogP contribution in [-0.4, -0.2) is 30.5 Å². The van der Waals surface area contributed by atoms with E-state index < -0.39 is 11.6 Å². The van der Waals surface area contributed by atoms with E-state index in [4.69, 9.17) is 4.74 Å². The van der Waals surface area contributed by atoms with Crippen molar-refractivity contribution in [1.29, 1.82) is 0 Å². The van der Waals surface area contributed by atoms with Crippen LogP contribution in [-0.2, 0) is 4.74 Å². The first-order valence-electron chi connectivity index (χ1n) is 7.05. The number of rotatable bonds is 2. The summed E-state index contributed by atoms with van der Waals surface area (Å²) in [7, 11) is 0. The van der Waals surface area contributed by atoms with Crippen molar-refractivity contribution >= 4 is 5.91 Å². The van der Waals surface area contributed by atoms with Crippen molar-refractivity contribution in [2.24, 2.45) is 0 Å². The van der Waals surface area contributed by atoms with Gasteiger partial charge in [0.25, 0.3) is 5.91 Å². The summed E-state index contributed by atoms with van der Waals surface area (Å²) >= 11 is 0. The van der Waals surface area contributed by atoms with Crippen LogP contribution in [0.3, 0.4) is 0 Å². The SMILES string of the molecule is O=C(c1cc(F)cc(F)c1)N1CCO[C@H](c2ccccc2)C1. The van der Waals surface area contributed by atoms with Gasteiger partial charge in [-0.2, -0.15) is 0 Å². The fourth-order valence-corrected chi connectivity index (χ4v) is 2.56. The largest absolute Gasteiger partial charge is 0.370 e. The van der Waals surface area contributed by atoms with Crippen molar-refractivity contribution in [3.63, 3.8) is 0 Å². The van der Waals surface area contributed by atoms with E-state index in [-0.39, 0.29) is 17.6 Å². The van der Waals surface area contributed by atoms with Crippen LogP contribution < -0.4 is 0 Å². The maximum atomic E-state index is 13.3. The van der Waals surface area contributed by atoms with Crippen molar-refractivity contribution in [1.82, 2.24) is 4.90 Å². The second kappa shape index (κ2) is 6.23. The van der Waals surface area contributed by atoms with Crippen LogP contribution in [0.15, 0.2) is 48.5 Å². The molecule has 3 nitrogen and oxygen atoms in total. The Morgan fingerprint density at radius 1 is 1.09 bits per heavy atom. The van der Waals surface area contributed by atoms with E-state index in [2.05, 4.69) is 0 Å². The highest BCUT2D eigenvalue weighted by Crippen LogP contribution is 2.23. The molecule has 0 N–H and O–H groups in total. The molecule has 0 bridgehead atoms. The van der Waals surface area contributed by atoms with Crippen LogP contribution in [0, 0.1) is 11.6 Å². The Balaban J connectivity index is 1.78. The second-order valence-electron chi connectivity index (χ2n) is 5.18. The standard InChI is InChI=1S/C17H15F2NO2/c18-14-8-13(9-15(19)10-14)17(21)20-6-7-22-16(11-20)12-4-2-1-3-5-12/h1-5,8-10,16H,6-7,11H2/t16-/m0/s1. The third-order valence-corrected chi connectivity index (χ3v) is 3.63. The number of hydrogen-bond donors (Lipinski definition) is 0. The van der Waals surface area contributed by atoms with Crippen LogP contribution >= 0.6 is 0 Å². The highest BCUT2D eigenvalue weighted by molar-refractivity contribution is 5.94. The van der Waals surface area contributed by atoms with Crippen LogP contribution in [0.4, 0.5) is 8.78 Å². The lowest BCUT2D eigenvalue weighted by Gasteiger charge is -2.33. The highest BCUT2D eigenvalue weighted by atomic mass is 19.1. The van der Waals surface area contributed by atoms with Crippen LogP contribution in [0.2, 0.25) is 0 Å². The molecule has 5 heteroatoms. The maximum absolute atomic E-state index is 13.3. The Kier molecular flexibility index (Phi) is 4.15. The molecular weight excluding hydrogens is 288 g/mol. The topological polar surface area (TPSA) is 29.5 Å². The third kappa shape index (κ3) is 3.14. The number of carbonyl (C=O) groups is 1. The molecule has 2 aromatic rings. The van der Waals surface area contributed by atoms with Gasteiger partial charge in [0.15, 0.2) is 0 Å². The number of hydrogen-bond acceptors (Lipinski definition) is 2. The highest BCUT2D eigenvalue weighted by Gasteiger charge is 2.26. The maximum Gasteiger partial charge on any atom is 0.254 e. The normalized spacial score (nSPS) is 18.3. The molecule has 0 spiro atoms. The number of morpholine rings is 1. The van der Waals surface area contributed by atoms with Gasteiger partial charge in [-0.3, -0.25) is 4.79 Å². The first-order chi connectivity index (χ1) is 10.6. The third-order valence-electron chi connectivity index (χ3n) is 3.63. The molecule has 1 atom stereocenters. The van der Waals surface area contributed by atoms with Crippen molar-refractivity contribution in [3.05, 3.63) is 71.3 Å². The molecule has 0 unspecified atom stereocenters. The van der Waals surface area contributed by atoms with Gasteiger partial charge in [-0.25, -0.2) is 8.78 Å². The van der Waals surface area contributed by atoms with Gasteiger partial charge >= 0.3 is 0 Å². The Morgan fingerprint density at radius 2 is 1.77 bits per heavy atom. The summed E-state index contributed by atoms with van der Waals surface area (Å²) in [4.78, 5) is 14.0. The summed E-state index contributed by atoms with van der Waals surface area (Å²) in [5, 5.41) is 0. The Bertz CT molecular complexity index is 655. The second-order valence-corrected chi connectivity index (χ2v) is 5.18. The van der Waals surface area contributed by atoms with Gasteiger partial charge in [-0.1, -0.05) is 30.3 Å². The monoisotopic (exact) mass is 303 g/mol. The molecule has 0 radical (unpaired) electrons. The Labute approximate surface area is 127 Å². The quantitative estimate of drug-likeness (QED) is 0.853. The zero-order valence-electron chi connectivity index (χ0n) is 11.8. The molecule has 1 aliphatic rings. The van der Waals surface area contributed by atoms with E-state index >= 15 is 0 Å². The van der Waals surface area contributed by atoms with Gasteiger partial charge < -0.3 is 9.64 Å². The number of benzene rings is 2. The minimum Gasteiger partial charge on any atom is -0.370 e. The Morgan fingerprint density at radius 3 is 2.45 bits per heavy atom. The molecule has 1 fully saturated rings. The zero-order valence-corrected chi connectivity index (χ0v) is 11.8. The average molecular weight is 303 g/mol. The summed E-state index contributed by atoms with van der Waals surface area (Å²) in [5.74, 6) is -1.89. The smallest absolute Gasteiger partial charge is 0.254 e. The van der Waals surface area contributed by atoms with Crippen molar-refractivity contribution in [3.8, 4) is 0 Å². The first kappa shape index (κ1) is 14.7. The Hall–Kier alpha value is -2.27.